The molecule has 1 aromatic rings. The zero-order valence-corrected chi connectivity index (χ0v) is 9.66. The lowest BCUT2D eigenvalue weighted by atomic mass is 10.3. The summed E-state index contributed by atoms with van der Waals surface area (Å²) in [5.74, 6) is 0.0289. The van der Waals surface area contributed by atoms with Gasteiger partial charge in [-0.15, -0.1) is 11.6 Å². The van der Waals surface area contributed by atoms with Gasteiger partial charge < -0.3 is 4.90 Å². The molecule has 2 rings (SSSR count). The average molecular weight is 228 g/mol. The highest BCUT2D eigenvalue weighted by atomic mass is 35.5. The van der Waals surface area contributed by atoms with Crippen LogP contribution in [0.25, 0.3) is 0 Å². The molecule has 0 radical (unpaired) electrons. The standard InChI is InChI=1S/C10H14ClN3O/c1-7-5-9(13(2)12-7)10(15)14-4-3-8(11)6-14/h5,8H,3-4,6H2,1-2H3. The number of nitrogens with zero attached hydrogens (tertiary/aromatic N) is 3. The van der Waals surface area contributed by atoms with E-state index in [9.17, 15) is 4.79 Å². The monoisotopic (exact) mass is 227 g/mol. The van der Waals surface area contributed by atoms with Gasteiger partial charge in [0, 0.05) is 20.1 Å². The fourth-order valence-electron chi connectivity index (χ4n) is 1.87. The van der Waals surface area contributed by atoms with Crippen molar-refractivity contribution < 1.29 is 4.79 Å². The summed E-state index contributed by atoms with van der Waals surface area (Å²) in [5.41, 5.74) is 1.50. The van der Waals surface area contributed by atoms with Crippen LogP contribution in [0.1, 0.15) is 22.6 Å². The molecule has 5 heteroatoms. The van der Waals surface area contributed by atoms with Gasteiger partial charge in [0.25, 0.3) is 5.91 Å². The van der Waals surface area contributed by atoms with E-state index in [4.69, 9.17) is 11.6 Å². The van der Waals surface area contributed by atoms with E-state index < -0.39 is 0 Å². The molecule has 0 bridgehead atoms. The second-order valence-electron chi connectivity index (χ2n) is 3.93. The van der Waals surface area contributed by atoms with Crippen LogP contribution in [0.5, 0.6) is 0 Å². The molecule has 0 N–H and O–H groups in total. The fourth-order valence-corrected chi connectivity index (χ4v) is 2.14. The van der Waals surface area contributed by atoms with E-state index in [-0.39, 0.29) is 11.3 Å². The molecule has 0 aromatic carbocycles. The molecule has 1 atom stereocenters. The number of halogens is 1. The van der Waals surface area contributed by atoms with Crippen LogP contribution in [0.4, 0.5) is 0 Å². The van der Waals surface area contributed by atoms with Gasteiger partial charge in [-0.05, 0) is 19.4 Å². The van der Waals surface area contributed by atoms with Crippen LogP contribution in [0, 0.1) is 6.92 Å². The van der Waals surface area contributed by atoms with E-state index >= 15 is 0 Å². The van der Waals surface area contributed by atoms with Crippen LogP contribution >= 0.6 is 11.6 Å². The summed E-state index contributed by atoms with van der Waals surface area (Å²) >= 11 is 5.97. The van der Waals surface area contributed by atoms with Gasteiger partial charge in [0.05, 0.1) is 11.1 Å². The van der Waals surface area contributed by atoms with Crippen LogP contribution in [0.3, 0.4) is 0 Å². The van der Waals surface area contributed by atoms with Crippen LogP contribution in [-0.2, 0) is 7.05 Å². The Bertz CT molecular complexity index is 388. The first kappa shape index (κ1) is 10.5. The molecule has 1 saturated heterocycles. The number of alkyl halides is 1. The second kappa shape index (κ2) is 3.85. The highest BCUT2D eigenvalue weighted by Gasteiger charge is 2.27. The van der Waals surface area contributed by atoms with E-state index in [0.717, 1.165) is 18.7 Å². The van der Waals surface area contributed by atoms with Crippen LogP contribution < -0.4 is 0 Å². The summed E-state index contributed by atoms with van der Waals surface area (Å²) in [4.78, 5) is 13.8. The highest BCUT2D eigenvalue weighted by Crippen LogP contribution is 2.17. The first-order valence-corrected chi connectivity index (χ1v) is 5.45. The maximum atomic E-state index is 12.0. The van der Waals surface area contributed by atoms with Gasteiger partial charge in [-0.3, -0.25) is 9.48 Å². The molecule has 0 aliphatic carbocycles. The number of carbonyl (C=O) groups is 1. The molecule has 1 unspecified atom stereocenters. The number of aryl methyl sites for hydroxylation is 2. The molecule has 4 nitrogen and oxygen atoms in total. The lowest BCUT2D eigenvalue weighted by molar-refractivity contribution is 0.0782. The SMILES string of the molecule is Cc1cc(C(=O)N2CCC(Cl)C2)n(C)n1. The van der Waals surface area contributed by atoms with Crippen molar-refractivity contribution in [3.63, 3.8) is 0 Å². The van der Waals surface area contributed by atoms with Crippen molar-refractivity contribution in [2.45, 2.75) is 18.7 Å². The van der Waals surface area contributed by atoms with E-state index in [1.807, 2.05) is 13.0 Å². The van der Waals surface area contributed by atoms with Gasteiger partial charge in [-0.2, -0.15) is 5.10 Å². The predicted molar refractivity (Wildman–Crippen MR) is 58.1 cm³/mol. The molecule has 1 amide bonds. The van der Waals surface area contributed by atoms with Crippen LogP contribution in [0.2, 0.25) is 0 Å². The number of aromatic nitrogens is 2. The van der Waals surface area contributed by atoms with Crippen LogP contribution in [0.15, 0.2) is 6.07 Å². The number of rotatable bonds is 1. The molecule has 0 spiro atoms. The summed E-state index contributed by atoms with van der Waals surface area (Å²) in [6, 6.07) is 1.81. The Balaban J connectivity index is 2.17. The van der Waals surface area contributed by atoms with Gasteiger partial charge >= 0.3 is 0 Å². The van der Waals surface area contributed by atoms with Crippen molar-refractivity contribution in [1.29, 1.82) is 0 Å². The number of hydrogen-bond donors (Lipinski definition) is 0. The largest absolute Gasteiger partial charge is 0.336 e. The molecule has 15 heavy (non-hydrogen) atoms. The summed E-state index contributed by atoms with van der Waals surface area (Å²) in [5, 5.41) is 4.26. The minimum Gasteiger partial charge on any atom is -0.336 e. The van der Waals surface area contributed by atoms with Crippen LogP contribution in [-0.4, -0.2) is 39.1 Å². The zero-order chi connectivity index (χ0) is 11.0. The zero-order valence-electron chi connectivity index (χ0n) is 8.90. The Morgan fingerprint density at radius 3 is 2.87 bits per heavy atom. The molecular weight excluding hydrogens is 214 g/mol. The van der Waals surface area contributed by atoms with E-state index in [1.165, 1.54) is 0 Å². The average Bonchev–Trinajstić information content (AvgIpc) is 2.71. The van der Waals surface area contributed by atoms with Crippen molar-refractivity contribution in [1.82, 2.24) is 14.7 Å². The topological polar surface area (TPSA) is 38.1 Å². The molecular formula is C10H14ClN3O. The fraction of sp³-hybridized carbons (Fsp3) is 0.600. The van der Waals surface area contributed by atoms with E-state index in [0.29, 0.717) is 12.2 Å². The van der Waals surface area contributed by atoms with Crippen molar-refractivity contribution in [2.24, 2.45) is 7.05 Å². The maximum absolute atomic E-state index is 12.0. The van der Waals surface area contributed by atoms with E-state index in [1.54, 1.807) is 16.6 Å². The summed E-state index contributed by atoms with van der Waals surface area (Å²) in [6.07, 6.45) is 0.879. The Morgan fingerprint density at radius 2 is 2.40 bits per heavy atom. The third-order valence-electron chi connectivity index (χ3n) is 2.64. The minimum absolute atomic E-state index is 0.0289. The highest BCUT2D eigenvalue weighted by molar-refractivity contribution is 6.21. The first-order valence-electron chi connectivity index (χ1n) is 5.02. The molecule has 82 valence electrons. The van der Waals surface area contributed by atoms with E-state index in [2.05, 4.69) is 5.10 Å². The van der Waals surface area contributed by atoms with Gasteiger partial charge in [0.15, 0.2) is 0 Å². The number of likely N-dealkylation sites (tertiary alicyclic amines) is 1. The smallest absolute Gasteiger partial charge is 0.272 e. The Kier molecular flexibility index (Phi) is 2.69. The molecule has 1 fully saturated rings. The lowest BCUT2D eigenvalue weighted by Crippen LogP contribution is -2.30. The van der Waals surface area contributed by atoms with Crippen molar-refractivity contribution >= 4 is 17.5 Å². The normalized spacial score (nSPS) is 21.0. The predicted octanol–water partition coefficient (Wildman–Crippen LogP) is 1.18. The summed E-state index contributed by atoms with van der Waals surface area (Å²) in [7, 11) is 1.79. The van der Waals surface area contributed by atoms with Crippen molar-refractivity contribution in [3.8, 4) is 0 Å². The molecule has 2 heterocycles. The molecule has 1 aliphatic rings. The third kappa shape index (κ3) is 2.00. The third-order valence-corrected chi connectivity index (χ3v) is 3.00. The van der Waals surface area contributed by atoms with Gasteiger partial charge in [-0.1, -0.05) is 0 Å². The van der Waals surface area contributed by atoms with Gasteiger partial charge in [0.1, 0.15) is 5.69 Å². The van der Waals surface area contributed by atoms with Crippen molar-refractivity contribution in [2.75, 3.05) is 13.1 Å². The Hall–Kier alpha value is -1.03. The Labute approximate surface area is 93.8 Å². The first-order chi connectivity index (χ1) is 7.08. The molecule has 1 aromatic heterocycles. The summed E-state index contributed by atoms with van der Waals surface area (Å²) in [6.45, 7) is 3.27. The van der Waals surface area contributed by atoms with Gasteiger partial charge in [-0.25, -0.2) is 0 Å². The molecule has 0 saturated carbocycles. The maximum Gasteiger partial charge on any atom is 0.272 e. The number of hydrogen-bond acceptors (Lipinski definition) is 2. The van der Waals surface area contributed by atoms with Crippen molar-refractivity contribution in [3.05, 3.63) is 17.5 Å². The number of carbonyl (C=O) groups excluding carboxylic acids is 1. The second-order valence-corrected chi connectivity index (χ2v) is 4.55. The van der Waals surface area contributed by atoms with Gasteiger partial charge in [0.2, 0.25) is 0 Å². The minimum atomic E-state index is 0.0289. The lowest BCUT2D eigenvalue weighted by Gasteiger charge is -2.14. The molecule has 1 aliphatic heterocycles. The Morgan fingerprint density at radius 1 is 1.67 bits per heavy atom. The number of amides is 1. The summed E-state index contributed by atoms with van der Waals surface area (Å²) < 4.78 is 1.62. The quantitative estimate of drug-likeness (QED) is 0.676.